The Labute approximate surface area is 131 Å². The molecule has 1 atom stereocenters. The van der Waals surface area contributed by atoms with Crippen molar-refractivity contribution in [3.05, 3.63) is 0 Å². The molecule has 0 bridgehead atoms. The zero-order valence-electron chi connectivity index (χ0n) is 14.9. The molecule has 1 rings (SSSR count). The number of methoxy groups -OCH3 is 1. The van der Waals surface area contributed by atoms with Gasteiger partial charge < -0.3 is 9.47 Å². The fourth-order valence-corrected chi connectivity index (χ4v) is 3.32. The SMILES string of the molecule is CCOC1(C(CCC(C)(C)OC)NN)CCC(C)(C)CC1. The molecule has 0 aromatic rings. The third-order valence-electron chi connectivity index (χ3n) is 5.31. The number of nitrogens with one attached hydrogen (secondary N) is 1. The van der Waals surface area contributed by atoms with Gasteiger partial charge in [-0.1, -0.05) is 13.8 Å². The van der Waals surface area contributed by atoms with Crippen LogP contribution in [-0.4, -0.2) is 31.0 Å². The minimum absolute atomic E-state index is 0.115. The summed E-state index contributed by atoms with van der Waals surface area (Å²) in [7, 11) is 1.77. The molecule has 1 saturated carbocycles. The lowest BCUT2D eigenvalue weighted by atomic mass is 9.67. The average molecular weight is 300 g/mol. The van der Waals surface area contributed by atoms with Crippen LogP contribution in [0.25, 0.3) is 0 Å². The van der Waals surface area contributed by atoms with Crippen molar-refractivity contribution in [2.75, 3.05) is 13.7 Å². The Morgan fingerprint density at radius 1 is 1.19 bits per heavy atom. The Hall–Kier alpha value is -0.160. The van der Waals surface area contributed by atoms with Crippen LogP contribution in [0.15, 0.2) is 0 Å². The first-order valence-electron chi connectivity index (χ1n) is 8.35. The van der Waals surface area contributed by atoms with E-state index in [0.29, 0.717) is 5.41 Å². The summed E-state index contributed by atoms with van der Waals surface area (Å²) in [4.78, 5) is 0. The number of nitrogens with two attached hydrogens (primary N) is 1. The van der Waals surface area contributed by atoms with E-state index in [4.69, 9.17) is 15.3 Å². The first-order chi connectivity index (χ1) is 9.70. The second-order valence-electron chi connectivity index (χ2n) is 7.88. The first-order valence-corrected chi connectivity index (χ1v) is 8.35. The maximum absolute atomic E-state index is 6.23. The smallest absolute Gasteiger partial charge is 0.0848 e. The average Bonchev–Trinajstić information content (AvgIpc) is 2.43. The van der Waals surface area contributed by atoms with Crippen molar-refractivity contribution < 1.29 is 9.47 Å². The Balaban J connectivity index is 2.77. The lowest BCUT2D eigenvalue weighted by Gasteiger charge is -2.48. The minimum Gasteiger partial charge on any atom is -0.379 e. The van der Waals surface area contributed by atoms with E-state index in [1.165, 1.54) is 12.8 Å². The van der Waals surface area contributed by atoms with Gasteiger partial charge in [0.05, 0.1) is 17.2 Å². The van der Waals surface area contributed by atoms with Gasteiger partial charge in [-0.2, -0.15) is 0 Å². The molecule has 4 heteroatoms. The van der Waals surface area contributed by atoms with E-state index in [1.807, 2.05) is 0 Å². The van der Waals surface area contributed by atoms with E-state index in [0.717, 1.165) is 32.3 Å². The first kappa shape index (κ1) is 18.9. The molecule has 0 aliphatic heterocycles. The van der Waals surface area contributed by atoms with Crippen LogP contribution < -0.4 is 11.3 Å². The molecule has 0 aromatic heterocycles. The van der Waals surface area contributed by atoms with Crippen LogP contribution in [0.2, 0.25) is 0 Å². The van der Waals surface area contributed by atoms with E-state index >= 15 is 0 Å². The molecule has 4 nitrogen and oxygen atoms in total. The highest BCUT2D eigenvalue weighted by atomic mass is 16.5. The largest absolute Gasteiger partial charge is 0.379 e. The van der Waals surface area contributed by atoms with Gasteiger partial charge in [0.25, 0.3) is 0 Å². The lowest BCUT2D eigenvalue weighted by Crippen LogP contribution is -2.57. The predicted octanol–water partition coefficient (Wildman–Crippen LogP) is 3.40. The predicted molar refractivity (Wildman–Crippen MR) is 88.0 cm³/mol. The van der Waals surface area contributed by atoms with Crippen molar-refractivity contribution >= 4 is 0 Å². The van der Waals surface area contributed by atoms with Crippen LogP contribution in [0.3, 0.4) is 0 Å². The highest BCUT2D eigenvalue weighted by molar-refractivity contribution is 4.98. The number of hydrogen-bond donors (Lipinski definition) is 2. The molecule has 0 amide bonds. The van der Waals surface area contributed by atoms with Gasteiger partial charge in [0.1, 0.15) is 0 Å². The molecule has 126 valence electrons. The van der Waals surface area contributed by atoms with Crippen molar-refractivity contribution in [1.82, 2.24) is 5.43 Å². The number of hydrazine groups is 1. The van der Waals surface area contributed by atoms with Crippen LogP contribution in [-0.2, 0) is 9.47 Å². The third kappa shape index (κ3) is 5.20. The quantitative estimate of drug-likeness (QED) is 0.533. The molecule has 0 spiro atoms. The highest BCUT2D eigenvalue weighted by Crippen LogP contribution is 2.44. The van der Waals surface area contributed by atoms with Crippen molar-refractivity contribution in [3.63, 3.8) is 0 Å². The van der Waals surface area contributed by atoms with Gasteiger partial charge in [0, 0.05) is 13.7 Å². The third-order valence-corrected chi connectivity index (χ3v) is 5.31. The minimum atomic E-state index is -0.122. The summed E-state index contributed by atoms with van der Waals surface area (Å²) < 4.78 is 11.8. The standard InChI is InChI=1S/C17H36N2O2/c1-7-21-17(12-10-15(2,3)11-13-17)14(19-18)8-9-16(4,5)20-6/h14,19H,7-13,18H2,1-6H3. The molecule has 0 heterocycles. The van der Waals surface area contributed by atoms with E-state index in [2.05, 4.69) is 40.0 Å². The van der Waals surface area contributed by atoms with Crippen LogP contribution in [0.5, 0.6) is 0 Å². The van der Waals surface area contributed by atoms with Crippen LogP contribution in [0.1, 0.15) is 73.1 Å². The maximum Gasteiger partial charge on any atom is 0.0848 e. The molecule has 0 saturated heterocycles. The molecule has 0 radical (unpaired) electrons. The second-order valence-corrected chi connectivity index (χ2v) is 7.88. The molecule has 1 aliphatic carbocycles. The molecular formula is C17H36N2O2. The summed E-state index contributed by atoms with van der Waals surface area (Å²) >= 11 is 0. The van der Waals surface area contributed by atoms with Gasteiger partial charge >= 0.3 is 0 Å². The fourth-order valence-electron chi connectivity index (χ4n) is 3.32. The monoisotopic (exact) mass is 300 g/mol. The molecule has 1 unspecified atom stereocenters. The van der Waals surface area contributed by atoms with E-state index in [1.54, 1.807) is 7.11 Å². The normalized spacial score (nSPS) is 23.0. The second kappa shape index (κ2) is 7.40. The van der Waals surface area contributed by atoms with Gasteiger partial charge in [0.15, 0.2) is 0 Å². The van der Waals surface area contributed by atoms with Gasteiger partial charge in [-0.05, 0) is 64.7 Å². The summed E-state index contributed by atoms with van der Waals surface area (Å²) in [6, 6.07) is 0.183. The van der Waals surface area contributed by atoms with Crippen molar-refractivity contribution in [2.45, 2.75) is 90.4 Å². The van der Waals surface area contributed by atoms with E-state index in [-0.39, 0.29) is 17.2 Å². The molecular weight excluding hydrogens is 264 g/mol. The number of ether oxygens (including phenoxy) is 2. The summed E-state index contributed by atoms with van der Waals surface area (Å²) in [5, 5.41) is 0. The zero-order chi connectivity index (χ0) is 16.1. The van der Waals surface area contributed by atoms with Crippen LogP contribution >= 0.6 is 0 Å². The highest BCUT2D eigenvalue weighted by Gasteiger charge is 2.44. The summed E-state index contributed by atoms with van der Waals surface area (Å²) in [6.45, 7) is 11.8. The summed E-state index contributed by atoms with van der Waals surface area (Å²) in [5.41, 5.74) is 3.23. The Kier molecular flexibility index (Phi) is 6.66. The Morgan fingerprint density at radius 3 is 2.19 bits per heavy atom. The number of hydrogen-bond acceptors (Lipinski definition) is 4. The Morgan fingerprint density at radius 2 is 1.76 bits per heavy atom. The molecule has 0 aromatic carbocycles. The van der Waals surface area contributed by atoms with Gasteiger partial charge in [-0.25, -0.2) is 0 Å². The molecule has 1 fully saturated rings. The van der Waals surface area contributed by atoms with Crippen molar-refractivity contribution in [3.8, 4) is 0 Å². The van der Waals surface area contributed by atoms with Gasteiger partial charge in [0.2, 0.25) is 0 Å². The van der Waals surface area contributed by atoms with Crippen LogP contribution in [0, 0.1) is 5.41 Å². The Bertz CT molecular complexity index is 306. The summed E-state index contributed by atoms with van der Waals surface area (Å²) in [5.74, 6) is 5.89. The van der Waals surface area contributed by atoms with Crippen molar-refractivity contribution in [2.24, 2.45) is 11.3 Å². The van der Waals surface area contributed by atoms with Crippen molar-refractivity contribution in [1.29, 1.82) is 0 Å². The topological polar surface area (TPSA) is 56.5 Å². The molecule has 21 heavy (non-hydrogen) atoms. The van der Waals surface area contributed by atoms with Gasteiger partial charge in [-0.3, -0.25) is 11.3 Å². The van der Waals surface area contributed by atoms with E-state index < -0.39 is 0 Å². The van der Waals surface area contributed by atoms with E-state index in [9.17, 15) is 0 Å². The lowest BCUT2D eigenvalue weighted by molar-refractivity contribution is -0.111. The van der Waals surface area contributed by atoms with Gasteiger partial charge in [-0.15, -0.1) is 0 Å². The molecule has 3 N–H and O–H groups in total. The number of rotatable bonds is 8. The molecule has 1 aliphatic rings. The fraction of sp³-hybridized carbons (Fsp3) is 1.00. The maximum atomic E-state index is 6.23. The summed E-state index contributed by atoms with van der Waals surface area (Å²) in [6.07, 6.45) is 6.48. The van der Waals surface area contributed by atoms with Crippen LogP contribution in [0.4, 0.5) is 0 Å². The zero-order valence-corrected chi connectivity index (χ0v) is 14.9.